The number of rotatable bonds is 2. The van der Waals surface area contributed by atoms with Crippen molar-refractivity contribution in [3.05, 3.63) is 58.7 Å². The van der Waals surface area contributed by atoms with Gasteiger partial charge in [-0.05, 0) is 30.4 Å². The molecule has 0 aromatic heterocycles. The second-order valence-corrected chi connectivity index (χ2v) is 7.08. The summed E-state index contributed by atoms with van der Waals surface area (Å²) >= 11 is 0. The van der Waals surface area contributed by atoms with Crippen molar-refractivity contribution in [2.45, 2.75) is 12.6 Å². The summed E-state index contributed by atoms with van der Waals surface area (Å²) < 4.78 is 0. The van der Waals surface area contributed by atoms with E-state index in [9.17, 15) is 20.0 Å². The molecule has 0 radical (unpaired) electrons. The molecule has 2 aromatic rings. The van der Waals surface area contributed by atoms with Gasteiger partial charge in [-0.1, -0.05) is 30.4 Å². The molecule has 5 atom stereocenters. The zero-order valence-corrected chi connectivity index (χ0v) is 13.3. The Kier molecular flexibility index (Phi) is 2.86. The number of nitro groups is 1. The number of aliphatic hydroxyl groups excluding tert-OH is 1. The first-order valence-corrected chi connectivity index (χ1v) is 8.43. The third-order valence-corrected chi connectivity index (χ3v) is 5.99. The van der Waals surface area contributed by atoms with Crippen LogP contribution >= 0.6 is 0 Å². The first-order valence-electron chi connectivity index (χ1n) is 8.43. The van der Waals surface area contributed by atoms with Gasteiger partial charge in [-0.3, -0.25) is 19.8 Å². The Hall–Kier alpha value is -2.73. The molecule has 25 heavy (non-hydrogen) atoms. The molecule has 5 rings (SSSR count). The summed E-state index contributed by atoms with van der Waals surface area (Å²) in [6, 6.07) is 9.96. The average molecular weight is 336 g/mol. The molecule has 1 heterocycles. The van der Waals surface area contributed by atoms with Gasteiger partial charge in [0, 0.05) is 17.4 Å². The Balaban J connectivity index is 1.66. The van der Waals surface area contributed by atoms with E-state index in [4.69, 9.17) is 0 Å². The van der Waals surface area contributed by atoms with E-state index in [2.05, 4.69) is 12.2 Å². The lowest BCUT2D eigenvalue weighted by atomic mass is 9.85. The molecule has 2 aromatic carbocycles. The normalized spacial score (nSPS) is 32.6. The molecule has 6 heteroatoms. The number of carbonyl (C=O) groups is 1. The zero-order chi connectivity index (χ0) is 17.3. The highest BCUT2D eigenvalue weighted by atomic mass is 16.6. The SMILES string of the molecule is O=C1[C@@H]2[C@H](C(O)N1c1ccc([N+](=O)[O-])c3ccccc13)[C@@H]1C=C[C@H]2C1. The van der Waals surface area contributed by atoms with Crippen LogP contribution in [0.25, 0.3) is 10.8 Å². The van der Waals surface area contributed by atoms with Gasteiger partial charge in [-0.2, -0.15) is 0 Å². The largest absolute Gasteiger partial charge is 0.373 e. The molecule has 126 valence electrons. The van der Waals surface area contributed by atoms with Crippen molar-refractivity contribution in [3.63, 3.8) is 0 Å². The predicted molar refractivity (Wildman–Crippen MR) is 91.8 cm³/mol. The summed E-state index contributed by atoms with van der Waals surface area (Å²) in [5, 5.41) is 23.3. The van der Waals surface area contributed by atoms with E-state index >= 15 is 0 Å². The molecule has 1 N–H and O–H groups in total. The molecule has 1 saturated carbocycles. The number of non-ortho nitro benzene ring substituents is 1. The fraction of sp³-hybridized carbons (Fsp3) is 0.316. The third-order valence-electron chi connectivity index (χ3n) is 5.99. The molecular weight excluding hydrogens is 320 g/mol. The minimum atomic E-state index is -0.887. The van der Waals surface area contributed by atoms with Crippen LogP contribution in [0.5, 0.6) is 0 Å². The number of carbonyl (C=O) groups excluding carboxylic acids is 1. The van der Waals surface area contributed by atoms with E-state index < -0.39 is 11.2 Å². The third kappa shape index (κ3) is 1.80. The molecule has 1 saturated heterocycles. The minimum Gasteiger partial charge on any atom is -0.373 e. The number of fused-ring (bicyclic) bond motifs is 6. The van der Waals surface area contributed by atoms with Gasteiger partial charge in [-0.15, -0.1) is 0 Å². The fourth-order valence-electron chi connectivity index (χ4n) is 4.98. The Morgan fingerprint density at radius 2 is 1.80 bits per heavy atom. The summed E-state index contributed by atoms with van der Waals surface area (Å²) in [4.78, 5) is 25.4. The lowest BCUT2D eigenvalue weighted by molar-refractivity contribution is -0.383. The Morgan fingerprint density at radius 3 is 2.52 bits per heavy atom. The van der Waals surface area contributed by atoms with Crippen molar-refractivity contribution < 1.29 is 14.8 Å². The molecule has 1 amide bonds. The van der Waals surface area contributed by atoms with E-state index in [1.165, 1.54) is 11.0 Å². The highest BCUT2D eigenvalue weighted by molar-refractivity contribution is 6.08. The van der Waals surface area contributed by atoms with Gasteiger partial charge in [0.2, 0.25) is 5.91 Å². The second kappa shape index (κ2) is 4.89. The summed E-state index contributed by atoms with van der Waals surface area (Å²) in [5.41, 5.74) is 0.551. The van der Waals surface area contributed by atoms with Gasteiger partial charge >= 0.3 is 0 Å². The molecule has 1 unspecified atom stereocenters. The number of hydrogen-bond acceptors (Lipinski definition) is 4. The highest BCUT2D eigenvalue weighted by Gasteiger charge is 2.59. The van der Waals surface area contributed by atoms with E-state index in [0.29, 0.717) is 16.5 Å². The second-order valence-electron chi connectivity index (χ2n) is 7.08. The molecule has 3 aliphatic rings. The maximum absolute atomic E-state index is 13.0. The number of nitro benzene ring substituents is 1. The van der Waals surface area contributed by atoms with E-state index in [1.54, 1.807) is 30.3 Å². The quantitative estimate of drug-likeness (QED) is 0.519. The van der Waals surface area contributed by atoms with Gasteiger partial charge in [0.15, 0.2) is 0 Å². The van der Waals surface area contributed by atoms with Gasteiger partial charge in [0.25, 0.3) is 5.69 Å². The summed E-state index contributed by atoms with van der Waals surface area (Å²) in [6.45, 7) is 0. The fourth-order valence-corrected chi connectivity index (χ4v) is 4.98. The Morgan fingerprint density at radius 1 is 1.08 bits per heavy atom. The number of allylic oxidation sites excluding steroid dienone is 2. The predicted octanol–water partition coefficient (Wildman–Crippen LogP) is 2.85. The van der Waals surface area contributed by atoms with Crippen molar-refractivity contribution in [2.75, 3.05) is 4.90 Å². The molecule has 2 fully saturated rings. The minimum absolute atomic E-state index is 0.00224. The monoisotopic (exact) mass is 336 g/mol. The average Bonchev–Trinajstić information content (AvgIpc) is 3.28. The molecule has 0 spiro atoms. The van der Waals surface area contributed by atoms with Gasteiger partial charge in [0.05, 0.1) is 21.9 Å². The molecule has 6 nitrogen and oxygen atoms in total. The van der Waals surface area contributed by atoms with Crippen LogP contribution in [0.15, 0.2) is 48.6 Å². The van der Waals surface area contributed by atoms with E-state index in [0.717, 1.165) is 6.42 Å². The molecular formula is C19H16N2O4. The summed E-state index contributed by atoms with van der Waals surface area (Å²) in [6.07, 6.45) is 4.25. The van der Waals surface area contributed by atoms with Crippen LogP contribution in [-0.4, -0.2) is 22.2 Å². The van der Waals surface area contributed by atoms with Crippen LogP contribution in [0.2, 0.25) is 0 Å². The summed E-state index contributed by atoms with van der Waals surface area (Å²) in [5.74, 6) is 0.0958. The van der Waals surface area contributed by atoms with Crippen molar-refractivity contribution >= 4 is 28.1 Å². The lowest BCUT2D eigenvalue weighted by Crippen LogP contribution is -2.37. The lowest BCUT2D eigenvalue weighted by Gasteiger charge is -2.26. The van der Waals surface area contributed by atoms with E-state index in [-0.39, 0.29) is 35.3 Å². The van der Waals surface area contributed by atoms with Crippen LogP contribution in [0.1, 0.15) is 6.42 Å². The smallest absolute Gasteiger partial charge is 0.277 e. The number of hydrogen-bond donors (Lipinski definition) is 1. The number of amides is 1. The van der Waals surface area contributed by atoms with Crippen LogP contribution in [0, 0.1) is 33.8 Å². The van der Waals surface area contributed by atoms with Crippen LogP contribution in [0.3, 0.4) is 0 Å². The van der Waals surface area contributed by atoms with Crippen molar-refractivity contribution in [3.8, 4) is 0 Å². The van der Waals surface area contributed by atoms with E-state index in [1.807, 2.05) is 0 Å². The number of nitrogens with zero attached hydrogens (tertiary/aromatic N) is 2. The number of anilines is 1. The molecule has 1 aliphatic heterocycles. The van der Waals surface area contributed by atoms with Gasteiger partial charge < -0.3 is 5.11 Å². The summed E-state index contributed by atoms with van der Waals surface area (Å²) in [7, 11) is 0. The van der Waals surface area contributed by atoms with Crippen LogP contribution in [-0.2, 0) is 4.79 Å². The van der Waals surface area contributed by atoms with Crippen molar-refractivity contribution in [2.24, 2.45) is 23.7 Å². The number of benzene rings is 2. The van der Waals surface area contributed by atoms with Crippen LogP contribution < -0.4 is 4.90 Å². The number of aliphatic hydroxyl groups is 1. The molecule has 2 bridgehead atoms. The van der Waals surface area contributed by atoms with Crippen molar-refractivity contribution in [1.29, 1.82) is 0 Å². The topological polar surface area (TPSA) is 83.7 Å². The molecule has 2 aliphatic carbocycles. The van der Waals surface area contributed by atoms with Gasteiger partial charge in [-0.25, -0.2) is 0 Å². The standard InChI is InChI=1S/C19H16N2O4/c22-18-16-10-5-6-11(9-10)17(16)19(23)20(18)14-7-8-15(21(24)25)13-4-2-1-3-12(13)14/h1-8,10-11,16-18,22H,9H2/t10-,11+,16-,17+,18?/m1/s1. The Labute approximate surface area is 143 Å². The maximum Gasteiger partial charge on any atom is 0.277 e. The van der Waals surface area contributed by atoms with Gasteiger partial charge in [0.1, 0.15) is 6.23 Å². The van der Waals surface area contributed by atoms with Crippen molar-refractivity contribution in [1.82, 2.24) is 0 Å². The highest BCUT2D eigenvalue weighted by Crippen LogP contribution is 2.55. The maximum atomic E-state index is 13.0. The first kappa shape index (κ1) is 14.6. The Bertz CT molecular complexity index is 954. The van der Waals surface area contributed by atoms with Crippen LogP contribution in [0.4, 0.5) is 11.4 Å². The first-order chi connectivity index (χ1) is 12.1. The zero-order valence-electron chi connectivity index (χ0n) is 13.3.